The average molecular weight is 451 g/mol. The molecule has 2 unspecified atom stereocenters. The van der Waals surface area contributed by atoms with E-state index in [0.717, 1.165) is 33.9 Å². The van der Waals surface area contributed by atoms with Crippen molar-refractivity contribution < 1.29 is 18.9 Å². The van der Waals surface area contributed by atoms with Crippen LogP contribution < -0.4 is 24.4 Å². The van der Waals surface area contributed by atoms with E-state index < -0.39 is 6.23 Å². The summed E-state index contributed by atoms with van der Waals surface area (Å²) in [5.41, 5.74) is 7.46. The van der Waals surface area contributed by atoms with Crippen molar-refractivity contribution in [1.82, 2.24) is 10.4 Å². The molecule has 2 aliphatic rings. The van der Waals surface area contributed by atoms with E-state index in [1.165, 1.54) is 0 Å². The number of fused-ring (bicyclic) bond motifs is 3. The molecule has 1 N–H and O–H groups in total. The third kappa shape index (κ3) is 3.51. The van der Waals surface area contributed by atoms with Crippen LogP contribution in [0, 0.1) is 0 Å². The van der Waals surface area contributed by atoms with Crippen molar-refractivity contribution in [1.29, 1.82) is 0 Å². The lowest BCUT2D eigenvalue weighted by Gasteiger charge is -2.39. The van der Waals surface area contributed by atoms with Crippen LogP contribution in [0.3, 0.4) is 0 Å². The Morgan fingerprint density at radius 2 is 1.75 bits per heavy atom. The van der Waals surface area contributed by atoms with Gasteiger partial charge in [0, 0.05) is 21.7 Å². The van der Waals surface area contributed by atoms with E-state index in [4.69, 9.17) is 30.5 Å². The molecular formula is C25H23ClN2O4. The number of nitrogens with one attached hydrogen (secondary N) is 1. The van der Waals surface area contributed by atoms with E-state index in [0.29, 0.717) is 16.5 Å². The number of ether oxygens (including phenoxy) is 4. The lowest BCUT2D eigenvalue weighted by molar-refractivity contribution is -0.0327. The minimum Gasteiger partial charge on any atom is -0.497 e. The number of halogens is 1. The van der Waals surface area contributed by atoms with Gasteiger partial charge in [0.05, 0.1) is 33.1 Å². The number of benzene rings is 3. The van der Waals surface area contributed by atoms with Crippen LogP contribution in [0.1, 0.15) is 29.0 Å². The number of rotatable bonds is 5. The summed E-state index contributed by atoms with van der Waals surface area (Å²) in [6.07, 6.45) is 1.79. The summed E-state index contributed by atoms with van der Waals surface area (Å²) in [4.78, 5) is 0. The van der Waals surface area contributed by atoms with Gasteiger partial charge in [0.1, 0.15) is 11.5 Å². The molecule has 0 amide bonds. The number of hydrogen-bond donors (Lipinski definition) is 1. The van der Waals surface area contributed by atoms with E-state index in [2.05, 4.69) is 16.5 Å². The first-order valence-electron chi connectivity index (χ1n) is 10.2. The molecule has 5 rings (SSSR count). The van der Waals surface area contributed by atoms with Crippen molar-refractivity contribution >= 4 is 17.3 Å². The molecule has 6 nitrogen and oxygen atoms in total. The van der Waals surface area contributed by atoms with E-state index in [1.54, 1.807) is 21.3 Å². The van der Waals surface area contributed by atoms with Crippen LogP contribution in [0.4, 0.5) is 0 Å². The molecule has 32 heavy (non-hydrogen) atoms. The van der Waals surface area contributed by atoms with Gasteiger partial charge in [0.25, 0.3) is 0 Å². The molecule has 0 aliphatic carbocycles. The molecule has 164 valence electrons. The maximum atomic E-state index is 6.44. The fourth-order valence-electron chi connectivity index (χ4n) is 4.15. The normalized spacial score (nSPS) is 19.2. The van der Waals surface area contributed by atoms with Gasteiger partial charge in [0.15, 0.2) is 17.7 Å². The van der Waals surface area contributed by atoms with E-state index in [9.17, 15) is 0 Å². The molecule has 7 heteroatoms. The van der Waals surface area contributed by atoms with Crippen LogP contribution >= 0.6 is 11.6 Å². The Kier molecular flexibility index (Phi) is 5.33. The fourth-order valence-corrected chi connectivity index (χ4v) is 4.33. The van der Waals surface area contributed by atoms with Gasteiger partial charge in [-0.25, -0.2) is 0 Å². The molecule has 0 radical (unpaired) electrons. The Bertz CT molecular complexity index is 1200. The Labute approximate surface area is 191 Å². The monoisotopic (exact) mass is 450 g/mol. The molecule has 0 fully saturated rings. The SMILES string of the molecule is COc1cccc(C2=CC3c4cc(Cl)ccc4OC(c4ccc(OC)c(OC)c4)N3N2)c1. The van der Waals surface area contributed by atoms with Crippen LogP contribution in [0.15, 0.2) is 66.7 Å². The van der Waals surface area contributed by atoms with Crippen LogP contribution in [-0.4, -0.2) is 26.3 Å². The molecule has 0 saturated carbocycles. The number of methoxy groups -OCH3 is 3. The third-order valence-corrected chi connectivity index (χ3v) is 5.96. The van der Waals surface area contributed by atoms with Crippen molar-refractivity contribution in [2.75, 3.05) is 21.3 Å². The van der Waals surface area contributed by atoms with E-state index in [-0.39, 0.29) is 6.04 Å². The van der Waals surface area contributed by atoms with Crippen LogP contribution in [0.25, 0.3) is 5.70 Å². The van der Waals surface area contributed by atoms with Gasteiger partial charge < -0.3 is 24.4 Å². The molecule has 0 spiro atoms. The van der Waals surface area contributed by atoms with Crippen LogP contribution in [0.2, 0.25) is 5.02 Å². The zero-order valence-electron chi connectivity index (χ0n) is 18.0. The van der Waals surface area contributed by atoms with Crippen molar-refractivity contribution in [3.05, 3.63) is 88.5 Å². The van der Waals surface area contributed by atoms with Crippen molar-refractivity contribution in [2.24, 2.45) is 0 Å². The topological polar surface area (TPSA) is 52.2 Å². The first-order chi connectivity index (χ1) is 15.6. The Balaban J connectivity index is 1.58. The molecule has 2 aliphatic heterocycles. The predicted octanol–water partition coefficient (Wildman–Crippen LogP) is 5.36. The van der Waals surface area contributed by atoms with E-state index in [1.807, 2.05) is 60.7 Å². The van der Waals surface area contributed by atoms with Crippen molar-refractivity contribution in [3.63, 3.8) is 0 Å². The quantitative estimate of drug-likeness (QED) is 0.564. The minimum absolute atomic E-state index is 0.0725. The first kappa shape index (κ1) is 20.5. The Morgan fingerprint density at radius 1 is 0.906 bits per heavy atom. The molecule has 3 aromatic carbocycles. The van der Waals surface area contributed by atoms with Crippen LogP contribution in [-0.2, 0) is 0 Å². The molecule has 3 aromatic rings. The molecule has 0 saturated heterocycles. The fraction of sp³-hybridized carbons (Fsp3) is 0.200. The smallest absolute Gasteiger partial charge is 0.196 e. The lowest BCUT2D eigenvalue weighted by atomic mass is 10.0. The number of hydrazine groups is 1. The Hall–Kier alpha value is -3.35. The van der Waals surface area contributed by atoms with Gasteiger partial charge in [-0.1, -0.05) is 23.7 Å². The number of nitrogens with zero attached hydrogens (tertiary/aromatic N) is 1. The summed E-state index contributed by atoms with van der Waals surface area (Å²) in [6.45, 7) is 0. The second-order valence-corrected chi connectivity index (χ2v) is 7.98. The molecule has 0 bridgehead atoms. The van der Waals surface area contributed by atoms with Gasteiger partial charge in [-0.2, -0.15) is 5.01 Å². The van der Waals surface area contributed by atoms with Crippen molar-refractivity contribution in [3.8, 4) is 23.0 Å². The maximum absolute atomic E-state index is 6.44. The highest BCUT2D eigenvalue weighted by Gasteiger charge is 2.40. The largest absolute Gasteiger partial charge is 0.497 e. The third-order valence-electron chi connectivity index (χ3n) is 5.73. The standard InChI is InChI=1S/C25H23ClN2O4/c1-29-18-6-4-5-15(11-18)20-14-21-19-13-17(26)8-10-22(19)32-25(28(21)27-20)16-7-9-23(30-2)24(12-16)31-3/h4-14,21,25,27H,1-3H3. The molecule has 2 atom stereocenters. The van der Waals surface area contributed by atoms with Gasteiger partial charge in [-0.05, 0) is 54.6 Å². The summed E-state index contributed by atoms with van der Waals surface area (Å²) >= 11 is 6.32. The maximum Gasteiger partial charge on any atom is 0.196 e. The Morgan fingerprint density at radius 3 is 2.53 bits per heavy atom. The first-order valence-corrected chi connectivity index (χ1v) is 10.6. The minimum atomic E-state index is -0.396. The van der Waals surface area contributed by atoms with Gasteiger partial charge in [0.2, 0.25) is 0 Å². The van der Waals surface area contributed by atoms with Crippen LogP contribution in [0.5, 0.6) is 23.0 Å². The van der Waals surface area contributed by atoms with Crippen molar-refractivity contribution in [2.45, 2.75) is 12.3 Å². The van der Waals surface area contributed by atoms with E-state index >= 15 is 0 Å². The van der Waals surface area contributed by atoms with Gasteiger partial charge in [-0.15, -0.1) is 0 Å². The highest BCUT2D eigenvalue weighted by atomic mass is 35.5. The lowest BCUT2D eigenvalue weighted by Crippen LogP contribution is -2.43. The molecule has 2 heterocycles. The zero-order valence-corrected chi connectivity index (χ0v) is 18.7. The summed E-state index contributed by atoms with van der Waals surface area (Å²) < 4.78 is 22.8. The summed E-state index contributed by atoms with van der Waals surface area (Å²) in [6, 6.07) is 19.4. The van der Waals surface area contributed by atoms with Gasteiger partial charge in [-0.3, -0.25) is 0 Å². The predicted molar refractivity (Wildman–Crippen MR) is 123 cm³/mol. The number of hydrogen-bond acceptors (Lipinski definition) is 6. The summed E-state index contributed by atoms with van der Waals surface area (Å²) in [5, 5.41) is 2.74. The summed E-state index contributed by atoms with van der Waals surface area (Å²) in [7, 11) is 4.91. The highest BCUT2D eigenvalue weighted by Crippen LogP contribution is 2.47. The van der Waals surface area contributed by atoms with Gasteiger partial charge >= 0.3 is 0 Å². The second-order valence-electron chi connectivity index (χ2n) is 7.54. The molecule has 0 aromatic heterocycles. The highest BCUT2D eigenvalue weighted by molar-refractivity contribution is 6.30. The average Bonchev–Trinajstić information content (AvgIpc) is 3.29. The zero-order chi connectivity index (χ0) is 22.2. The summed E-state index contributed by atoms with van der Waals surface area (Å²) in [5.74, 6) is 2.90. The molecular weight excluding hydrogens is 428 g/mol. The second kappa shape index (κ2) is 8.30.